The van der Waals surface area contributed by atoms with Crippen LogP contribution in [0.3, 0.4) is 0 Å². The Labute approximate surface area is 147 Å². The normalized spacial score (nSPS) is 16.5. The molecule has 1 saturated heterocycles. The number of nitro groups is 1. The molecule has 1 aromatic heterocycles. The van der Waals surface area contributed by atoms with Crippen molar-refractivity contribution in [2.24, 2.45) is 0 Å². The molecule has 25 heavy (non-hydrogen) atoms. The summed E-state index contributed by atoms with van der Waals surface area (Å²) in [5.74, 6) is 0.983. The van der Waals surface area contributed by atoms with Gasteiger partial charge in [0.2, 0.25) is 0 Å². The maximum Gasteiger partial charge on any atom is 0.276 e. The summed E-state index contributed by atoms with van der Waals surface area (Å²) in [6.45, 7) is 3.63. The molecule has 6 nitrogen and oxygen atoms in total. The molecule has 1 aliphatic heterocycles. The van der Waals surface area contributed by atoms with E-state index < -0.39 is 0 Å². The molecule has 1 atom stereocenters. The number of hydrogen-bond acceptors (Lipinski definition) is 5. The minimum absolute atomic E-state index is 0.129. The molecule has 3 rings (SSSR count). The van der Waals surface area contributed by atoms with E-state index in [-0.39, 0.29) is 16.7 Å². The lowest BCUT2D eigenvalue weighted by Crippen LogP contribution is -2.34. The molecule has 0 spiro atoms. The highest BCUT2D eigenvalue weighted by atomic mass is 16.6. The summed E-state index contributed by atoms with van der Waals surface area (Å²) in [6.07, 6.45) is 7.89. The van der Waals surface area contributed by atoms with Crippen LogP contribution in [0.4, 0.5) is 5.69 Å². The van der Waals surface area contributed by atoms with Crippen molar-refractivity contribution in [3.05, 3.63) is 70.2 Å². The number of likely N-dealkylation sites (tertiary alicyclic amines) is 1. The van der Waals surface area contributed by atoms with Gasteiger partial charge in [0.25, 0.3) is 5.69 Å². The van der Waals surface area contributed by atoms with E-state index >= 15 is 0 Å². The lowest BCUT2D eigenvalue weighted by molar-refractivity contribution is -0.385. The first-order valence-corrected chi connectivity index (χ1v) is 8.64. The topological polar surface area (TPSA) is 71.5 Å². The van der Waals surface area contributed by atoms with Gasteiger partial charge < -0.3 is 9.73 Å². The smallest absolute Gasteiger partial charge is 0.276 e. The molecule has 1 N–H and O–H groups in total. The summed E-state index contributed by atoms with van der Waals surface area (Å²) in [7, 11) is 0. The summed E-state index contributed by atoms with van der Waals surface area (Å²) in [4.78, 5) is 13.1. The van der Waals surface area contributed by atoms with Gasteiger partial charge in [-0.25, -0.2) is 0 Å². The molecule has 1 aromatic carbocycles. The molecular formula is C19H23N3O3. The molecule has 0 aliphatic carbocycles. The second-order valence-corrected chi connectivity index (χ2v) is 6.15. The predicted molar refractivity (Wildman–Crippen MR) is 97.3 cm³/mol. The largest absolute Gasteiger partial charge is 0.468 e. The summed E-state index contributed by atoms with van der Waals surface area (Å²) in [6, 6.07) is 10.9. The first-order valence-electron chi connectivity index (χ1n) is 8.64. The highest BCUT2D eigenvalue weighted by Gasteiger charge is 2.24. The van der Waals surface area contributed by atoms with Gasteiger partial charge in [-0.05, 0) is 44.1 Å². The quantitative estimate of drug-likeness (QED) is 0.451. The number of para-hydroxylation sites is 1. The molecule has 6 heteroatoms. The van der Waals surface area contributed by atoms with Crippen molar-refractivity contribution in [2.45, 2.75) is 18.9 Å². The van der Waals surface area contributed by atoms with Gasteiger partial charge in [0.1, 0.15) is 5.76 Å². The van der Waals surface area contributed by atoms with Gasteiger partial charge in [0.15, 0.2) is 0 Å². The third-order valence-electron chi connectivity index (χ3n) is 4.48. The Hall–Kier alpha value is -2.44. The van der Waals surface area contributed by atoms with Crippen LogP contribution in [0, 0.1) is 10.1 Å². The highest BCUT2D eigenvalue weighted by Crippen LogP contribution is 2.25. The van der Waals surface area contributed by atoms with Crippen molar-refractivity contribution in [3.8, 4) is 0 Å². The van der Waals surface area contributed by atoms with Crippen LogP contribution in [0.15, 0.2) is 53.2 Å². The number of nitrogens with one attached hydrogen (secondary N) is 1. The van der Waals surface area contributed by atoms with Crippen molar-refractivity contribution in [3.63, 3.8) is 0 Å². The third-order valence-corrected chi connectivity index (χ3v) is 4.48. The third kappa shape index (κ3) is 4.55. The van der Waals surface area contributed by atoms with E-state index in [0.29, 0.717) is 12.1 Å². The van der Waals surface area contributed by atoms with Crippen LogP contribution in [0.1, 0.15) is 30.2 Å². The van der Waals surface area contributed by atoms with E-state index in [0.717, 1.165) is 25.4 Å². The van der Waals surface area contributed by atoms with E-state index in [1.807, 2.05) is 18.2 Å². The van der Waals surface area contributed by atoms with E-state index in [2.05, 4.69) is 10.2 Å². The molecule has 0 amide bonds. The highest BCUT2D eigenvalue weighted by molar-refractivity contribution is 5.60. The zero-order valence-corrected chi connectivity index (χ0v) is 14.1. The predicted octanol–water partition coefficient (Wildman–Crippen LogP) is 3.63. The van der Waals surface area contributed by atoms with E-state index in [1.54, 1.807) is 30.5 Å². The fraction of sp³-hybridized carbons (Fsp3) is 0.368. The average molecular weight is 341 g/mol. The van der Waals surface area contributed by atoms with Crippen LogP contribution in [-0.4, -0.2) is 36.0 Å². The Morgan fingerprint density at radius 2 is 2.04 bits per heavy atom. The lowest BCUT2D eigenvalue weighted by Gasteiger charge is -2.25. The average Bonchev–Trinajstić information content (AvgIpc) is 3.32. The lowest BCUT2D eigenvalue weighted by atomic mass is 10.1. The van der Waals surface area contributed by atoms with Gasteiger partial charge in [-0.15, -0.1) is 0 Å². The standard InChI is InChI=1S/C19H23N3O3/c23-22(24)17-9-2-1-7-16(17)8-5-11-20-15-18(19-10-6-14-25-19)21-12-3-4-13-21/h1-2,5-10,14,18,20H,3-4,11-13,15H2/b8-5+. The van der Waals surface area contributed by atoms with Gasteiger partial charge in [0.05, 0.1) is 22.8 Å². The molecule has 0 radical (unpaired) electrons. The number of rotatable bonds is 8. The molecule has 1 aliphatic rings. The molecule has 2 heterocycles. The molecule has 2 aromatic rings. The first-order chi connectivity index (χ1) is 12.3. The molecule has 0 bridgehead atoms. The Bertz CT molecular complexity index is 706. The second-order valence-electron chi connectivity index (χ2n) is 6.15. The van der Waals surface area contributed by atoms with Gasteiger partial charge in [-0.1, -0.05) is 24.3 Å². The van der Waals surface area contributed by atoms with E-state index in [1.165, 1.54) is 18.9 Å². The fourth-order valence-electron chi connectivity index (χ4n) is 3.23. The zero-order valence-electron chi connectivity index (χ0n) is 14.1. The first kappa shape index (κ1) is 17.4. The van der Waals surface area contributed by atoms with Crippen LogP contribution in [0.5, 0.6) is 0 Å². The Balaban J connectivity index is 1.55. The minimum atomic E-state index is -0.354. The Morgan fingerprint density at radius 3 is 2.76 bits per heavy atom. The van der Waals surface area contributed by atoms with E-state index in [4.69, 9.17) is 4.42 Å². The van der Waals surface area contributed by atoms with Crippen LogP contribution >= 0.6 is 0 Å². The molecular weight excluding hydrogens is 318 g/mol. The number of hydrogen-bond donors (Lipinski definition) is 1. The van der Waals surface area contributed by atoms with Gasteiger partial charge in [-0.3, -0.25) is 15.0 Å². The van der Waals surface area contributed by atoms with Crippen molar-refractivity contribution in [1.82, 2.24) is 10.2 Å². The molecule has 0 saturated carbocycles. The van der Waals surface area contributed by atoms with Crippen molar-refractivity contribution in [2.75, 3.05) is 26.2 Å². The summed E-state index contributed by atoms with van der Waals surface area (Å²) >= 11 is 0. The second kappa shape index (κ2) is 8.60. The summed E-state index contributed by atoms with van der Waals surface area (Å²) in [5.41, 5.74) is 0.751. The minimum Gasteiger partial charge on any atom is -0.468 e. The maximum atomic E-state index is 11.0. The van der Waals surface area contributed by atoms with Gasteiger partial charge >= 0.3 is 0 Å². The van der Waals surface area contributed by atoms with Crippen molar-refractivity contribution >= 4 is 11.8 Å². The van der Waals surface area contributed by atoms with E-state index in [9.17, 15) is 10.1 Å². The number of benzene rings is 1. The number of nitro benzene ring substituents is 1. The van der Waals surface area contributed by atoms with Crippen molar-refractivity contribution in [1.29, 1.82) is 0 Å². The molecule has 1 fully saturated rings. The maximum absolute atomic E-state index is 11.0. The number of nitrogens with zero attached hydrogens (tertiary/aromatic N) is 2. The number of furan rings is 1. The van der Waals surface area contributed by atoms with Gasteiger partial charge in [-0.2, -0.15) is 0 Å². The molecule has 132 valence electrons. The SMILES string of the molecule is O=[N+]([O-])c1ccccc1/C=C/CNCC(c1ccco1)N1CCCC1. The summed E-state index contributed by atoms with van der Waals surface area (Å²) < 4.78 is 5.60. The Morgan fingerprint density at radius 1 is 1.24 bits per heavy atom. The fourth-order valence-corrected chi connectivity index (χ4v) is 3.23. The van der Waals surface area contributed by atoms with Crippen LogP contribution in [0.2, 0.25) is 0 Å². The zero-order chi connectivity index (χ0) is 17.5. The van der Waals surface area contributed by atoms with Gasteiger partial charge in [0, 0.05) is 19.2 Å². The van der Waals surface area contributed by atoms with Crippen molar-refractivity contribution < 1.29 is 9.34 Å². The Kier molecular flexibility index (Phi) is 5.98. The van der Waals surface area contributed by atoms with Crippen LogP contribution < -0.4 is 5.32 Å². The van der Waals surface area contributed by atoms with Crippen LogP contribution in [-0.2, 0) is 0 Å². The van der Waals surface area contributed by atoms with Crippen LogP contribution in [0.25, 0.3) is 6.08 Å². The summed E-state index contributed by atoms with van der Waals surface area (Å²) in [5, 5.41) is 14.4. The monoisotopic (exact) mass is 341 g/mol. The molecule has 1 unspecified atom stereocenters.